The average Bonchev–Trinajstić information content (AvgIpc) is 1.61. The number of aliphatic carboxylic acids is 2. The van der Waals surface area contributed by atoms with E-state index < -0.39 is 11.9 Å². The fourth-order valence-electron chi connectivity index (χ4n) is 0.143. The van der Waals surface area contributed by atoms with Crippen LogP contribution in [0.2, 0.25) is 0 Å². The van der Waals surface area contributed by atoms with Gasteiger partial charge in [0.2, 0.25) is 0 Å². The topological polar surface area (TPSA) is 74.6 Å². The van der Waals surface area contributed by atoms with Gasteiger partial charge in [0.15, 0.2) is 0 Å². The standard InChI is InChI=1S/C4H4O4.Mg/c5-3(6)1-2-4(7)8;/h1-2H,(H,5,6)(H,7,8);. The van der Waals surface area contributed by atoms with Crippen LogP contribution in [-0.2, 0) is 9.59 Å². The van der Waals surface area contributed by atoms with Crippen molar-refractivity contribution in [3.8, 4) is 0 Å². The predicted octanol–water partition coefficient (Wildman–Crippen LogP) is -0.669. The molecular formula is C4H4MgO4. The normalized spacial score (nSPS) is 8.44. The molecular weight excluding hydrogens is 136 g/mol. The van der Waals surface area contributed by atoms with Crippen LogP contribution in [-0.4, -0.2) is 45.2 Å². The van der Waals surface area contributed by atoms with Crippen molar-refractivity contribution in [2.45, 2.75) is 0 Å². The molecule has 0 unspecified atom stereocenters. The molecule has 0 spiro atoms. The zero-order chi connectivity index (χ0) is 6.57. The predicted molar refractivity (Wildman–Crippen MR) is 30.2 cm³/mol. The van der Waals surface area contributed by atoms with Crippen molar-refractivity contribution in [3.05, 3.63) is 12.2 Å². The molecule has 0 amide bonds. The van der Waals surface area contributed by atoms with Gasteiger partial charge in [-0.15, -0.1) is 0 Å². The Bertz CT molecular complexity index is 124. The molecule has 0 aliphatic heterocycles. The molecule has 0 atom stereocenters. The lowest BCUT2D eigenvalue weighted by atomic mass is 10.5. The second-order valence-electron chi connectivity index (χ2n) is 1.01. The highest BCUT2D eigenvalue weighted by Crippen LogP contribution is 1.70. The third-order valence-electron chi connectivity index (χ3n) is 0.368. The lowest BCUT2D eigenvalue weighted by molar-refractivity contribution is -0.134. The van der Waals surface area contributed by atoms with Crippen molar-refractivity contribution in [3.63, 3.8) is 0 Å². The van der Waals surface area contributed by atoms with Gasteiger partial charge in [0.1, 0.15) is 0 Å². The summed E-state index contributed by atoms with van der Waals surface area (Å²) >= 11 is 0. The lowest BCUT2D eigenvalue weighted by Crippen LogP contribution is -1.91. The Balaban J connectivity index is 0. The van der Waals surface area contributed by atoms with Crippen molar-refractivity contribution in [2.75, 3.05) is 0 Å². The monoisotopic (exact) mass is 140 g/mol. The van der Waals surface area contributed by atoms with Gasteiger partial charge in [0.25, 0.3) is 0 Å². The van der Waals surface area contributed by atoms with Crippen molar-refractivity contribution >= 4 is 35.0 Å². The zero-order valence-electron chi connectivity index (χ0n) is 4.57. The highest BCUT2D eigenvalue weighted by molar-refractivity contribution is 5.89. The van der Waals surface area contributed by atoms with E-state index in [-0.39, 0.29) is 23.1 Å². The molecule has 0 fully saturated rings. The van der Waals surface area contributed by atoms with E-state index in [4.69, 9.17) is 10.2 Å². The Labute approximate surface area is 67.3 Å². The maximum absolute atomic E-state index is 9.55. The first-order valence-corrected chi connectivity index (χ1v) is 1.77. The van der Waals surface area contributed by atoms with Gasteiger partial charge in [-0.05, 0) is 0 Å². The van der Waals surface area contributed by atoms with Gasteiger partial charge in [-0.1, -0.05) is 0 Å². The van der Waals surface area contributed by atoms with E-state index in [2.05, 4.69) is 0 Å². The molecule has 0 aromatic heterocycles. The van der Waals surface area contributed by atoms with Crippen molar-refractivity contribution in [1.29, 1.82) is 0 Å². The summed E-state index contributed by atoms with van der Waals surface area (Å²) in [5.74, 6) is -2.51. The molecule has 0 saturated carbocycles. The van der Waals surface area contributed by atoms with Crippen LogP contribution >= 0.6 is 0 Å². The van der Waals surface area contributed by atoms with E-state index in [9.17, 15) is 9.59 Å². The molecule has 5 heteroatoms. The van der Waals surface area contributed by atoms with E-state index in [1.54, 1.807) is 0 Å². The summed E-state index contributed by atoms with van der Waals surface area (Å²) in [7, 11) is 0. The molecule has 0 heterocycles. The first-order chi connectivity index (χ1) is 3.63. The van der Waals surface area contributed by atoms with Crippen LogP contribution in [0, 0.1) is 0 Å². The quantitative estimate of drug-likeness (QED) is 0.394. The Hall–Kier alpha value is -0.554. The molecule has 0 aliphatic carbocycles. The first-order valence-electron chi connectivity index (χ1n) is 1.77. The molecule has 0 rings (SSSR count). The Morgan fingerprint density at radius 2 is 1.22 bits per heavy atom. The minimum atomic E-state index is -1.26. The van der Waals surface area contributed by atoms with Gasteiger partial charge in [-0.2, -0.15) is 0 Å². The number of carboxylic acids is 2. The third kappa shape index (κ3) is 11.2. The molecule has 0 saturated heterocycles. The molecule has 0 aromatic carbocycles. The molecule has 9 heavy (non-hydrogen) atoms. The summed E-state index contributed by atoms with van der Waals surface area (Å²) in [4.78, 5) is 19.1. The highest BCUT2D eigenvalue weighted by atomic mass is 24.3. The van der Waals surface area contributed by atoms with Crippen LogP contribution in [0.5, 0.6) is 0 Å². The van der Waals surface area contributed by atoms with Crippen LogP contribution in [0.1, 0.15) is 0 Å². The van der Waals surface area contributed by atoms with Gasteiger partial charge in [-0.3, -0.25) is 0 Å². The smallest absolute Gasteiger partial charge is 0.328 e. The SMILES string of the molecule is O=C(O)C=CC(=O)O.[Mg]. The lowest BCUT2D eigenvalue weighted by Gasteiger charge is -1.74. The molecule has 2 radical (unpaired) electrons. The number of carboxylic acid groups (broad SMARTS) is 2. The average molecular weight is 140 g/mol. The van der Waals surface area contributed by atoms with Crippen LogP contribution in [0.3, 0.4) is 0 Å². The van der Waals surface area contributed by atoms with Crippen LogP contribution in [0.15, 0.2) is 12.2 Å². The molecule has 0 bridgehead atoms. The number of hydrogen-bond acceptors (Lipinski definition) is 2. The van der Waals surface area contributed by atoms with Gasteiger partial charge in [0.05, 0.1) is 0 Å². The van der Waals surface area contributed by atoms with Crippen LogP contribution in [0.25, 0.3) is 0 Å². The Morgan fingerprint density at radius 1 is 1.00 bits per heavy atom. The number of carbonyl (C=O) groups is 2. The van der Waals surface area contributed by atoms with E-state index in [0.29, 0.717) is 12.2 Å². The molecule has 46 valence electrons. The molecule has 2 N–H and O–H groups in total. The summed E-state index contributed by atoms with van der Waals surface area (Å²) in [6.07, 6.45) is 1.12. The van der Waals surface area contributed by atoms with E-state index >= 15 is 0 Å². The van der Waals surface area contributed by atoms with E-state index in [0.717, 1.165) is 0 Å². The van der Waals surface area contributed by atoms with E-state index in [1.165, 1.54) is 0 Å². The molecule has 0 aromatic rings. The van der Waals surface area contributed by atoms with Crippen molar-refractivity contribution < 1.29 is 19.8 Å². The highest BCUT2D eigenvalue weighted by Gasteiger charge is 1.88. The third-order valence-corrected chi connectivity index (χ3v) is 0.368. The fourth-order valence-corrected chi connectivity index (χ4v) is 0.143. The molecule has 0 aliphatic rings. The number of rotatable bonds is 2. The minimum absolute atomic E-state index is 0. The summed E-state index contributed by atoms with van der Waals surface area (Å²) in [6.45, 7) is 0. The summed E-state index contributed by atoms with van der Waals surface area (Å²) in [5.41, 5.74) is 0. The Kier molecular flexibility index (Phi) is 6.99. The van der Waals surface area contributed by atoms with E-state index in [1.807, 2.05) is 0 Å². The van der Waals surface area contributed by atoms with Crippen molar-refractivity contribution in [1.82, 2.24) is 0 Å². The van der Waals surface area contributed by atoms with Gasteiger partial charge in [0, 0.05) is 35.2 Å². The van der Waals surface area contributed by atoms with Crippen LogP contribution in [0.4, 0.5) is 0 Å². The van der Waals surface area contributed by atoms with Crippen LogP contribution < -0.4 is 0 Å². The van der Waals surface area contributed by atoms with Gasteiger partial charge >= 0.3 is 11.9 Å². The van der Waals surface area contributed by atoms with Crippen molar-refractivity contribution in [2.24, 2.45) is 0 Å². The number of hydrogen-bond donors (Lipinski definition) is 2. The fraction of sp³-hybridized carbons (Fsp3) is 0. The summed E-state index contributed by atoms with van der Waals surface area (Å²) in [6, 6.07) is 0. The first kappa shape index (κ1) is 11.3. The largest absolute Gasteiger partial charge is 0.478 e. The second kappa shape index (κ2) is 5.58. The Morgan fingerprint density at radius 3 is 1.33 bits per heavy atom. The summed E-state index contributed by atoms with van der Waals surface area (Å²) < 4.78 is 0. The van der Waals surface area contributed by atoms with Gasteiger partial charge < -0.3 is 10.2 Å². The zero-order valence-corrected chi connectivity index (χ0v) is 5.99. The maximum Gasteiger partial charge on any atom is 0.328 e. The minimum Gasteiger partial charge on any atom is -0.478 e. The maximum atomic E-state index is 9.55. The summed E-state index contributed by atoms with van der Waals surface area (Å²) in [5, 5.41) is 15.6. The van der Waals surface area contributed by atoms with Gasteiger partial charge in [-0.25, -0.2) is 9.59 Å². The second-order valence-corrected chi connectivity index (χ2v) is 1.01. The molecule has 4 nitrogen and oxygen atoms in total.